The number of aliphatic hydroxyl groups excluding tert-OH is 1. The highest BCUT2D eigenvalue weighted by Gasteiger charge is 2.37. The van der Waals surface area contributed by atoms with Gasteiger partial charge < -0.3 is 9.53 Å². The molecule has 0 aromatic carbocycles. The lowest BCUT2D eigenvalue weighted by atomic mass is 10.1. The summed E-state index contributed by atoms with van der Waals surface area (Å²) in [5, 5.41) is 18.0. The van der Waals surface area contributed by atoms with Gasteiger partial charge in [-0.15, -0.1) is 0 Å². The van der Waals surface area contributed by atoms with E-state index in [1.165, 1.54) is 21.8 Å². The standard InChI is InChI=1S/C15H27ClN2O2Si.C9H13ClN2O2.C6H15ClSi/c1-14(2,3)18-13(19)11(12(16)9-17-18)10-20-21(7,8)15(4,5)6;1-9(2,3)12-8(14)6(5-13)7(10)4-11-12;1-6(2,3)8(4,5)7/h9H,10H2,1-8H3;4,13H,5H2,1-3H3;1-5H3. The first-order valence-electron chi connectivity index (χ1n) is 14.4. The van der Waals surface area contributed by atoms with E-state index in [0.717, 1.165) is 0 Å². The lowest BCUT2D eigenvalue weighted by Crippen LogP contribution is -2.42. The molecule has 43 heavy (non-hydrogen) atoms. The third-order valence-corrected chi connectivity index (χ3v) is 18.0. The second-order valence-corrected chi connectivity index (χ2v) is 28.6. The van der Waals surface area contributed by atoms with Crippen molar-refractivity contribution in [3.8, 4) is 0 Å². The number of aromatic nitrogens is 4. The highest BCUT2D eigenvalue weighted by Crippen LogP contribution is 2.38. The molecule has 0 amide bonds. The van der Waals surface area contributed by atoms with Crippen molar-refractivity contribution in [1.82, 2.24) is 19.6 Å². The van der Waals surface area contributed by atoms with Gasteiger partial charge in [0.05, 0.1) is 57.9 Å². The lowest BCUT2D eigenvalue weighted by molar-refractivity contribution is 0.268. The lowest BCUT2D eigenvalue weighted by Gasteiger charge is -2.36. The molecule has 0 bridgehead atoms. The molecule has 248 valence electrons. The van der Waals surface area contributed by atoms with Gasteiger partial charge in [0, 0.05) is 0 Å². The minimum absolute atomic E-state index is 0.0928. The summed E-state index contributed by atoms with van der Waals surface area (Å²) >= 11 is 18.0. The van der Waals surface area contributed by atoms with Gasteiger partial charge in [-0.1, -0.05) is 77.8 Å². The Morgan fingerprint density at radius 2 is 1.05 bits per heavy atom. The van der Waals surface area contributed by atoms with Crippen LogP contribution in [0.5, 0.6) is 0 Å². The molecule has 1 N–H and O–H groups in total. The van der Waals surface area contributed by atoms with E-state index >= 15 is 0 Å². The third-order valence-electron chi connectivity index (χ3n) is 7.65. The quantitative estimate of drug-likeness (QED) is 0.254. The molecule has 0 saturated carbocycles. The Morgan fingerprint density at radius 3 is 1.33 bits per heavy atom. The van der Waals surface area contributed by atoms with E-state index in [1.54, 1.807) is 0 Å². The minimum Gasteiger partial charge on any atom is -0.412 e. The van der Waals surface area contributed by atoms with Crippen molar-refractivity contribution in [2.24, 2.45) is 0 Å². The van der Waals surface area contributed by atoms with Gasteiger partial charge in [0.2, 0.25) is 0 Å². The normalized spacial score (nSPS) is 13.1. The van der Waals surface area contributed by atoms with Crippen LogP contribution in [0.25, 0.3) is 0 Å². The summed E-state index contributed by atoms with van der Waals surface area (Å²) in [5.41, 5.74) is -0.622. The predicted octanol–water partition coefficient (Wildman–Crippen LogP) is 8.55. The maximum Gasteiger partial charge on any atom is 0.274 e. The van der Waals surface area contributed by atoms with Crippen molar-refractivity contribution in [2.75, 3.05) is 0 Å². The molecule has 8 nitrogen and oxygen atoms in total. The van der Waals surface area contributed by atoms with Crippen LogP contribution in [0.4, 0.5) is 0 Å². The highest BCUT2D eigenvalue weighted by atomic mass is 35.6. The average molecular weight is 698 g/mol. The largest absolute Gasteiger partial charge is 0.412 e. The Kier molecular flexibility index (Phi) is 14.7. The molecule has 2 aromatic heterocycles. The average Bonchev–Trinajstić information content (AvgIpc) is 2.76. The molecule has 13 heteroatoms. The Balaban J connectivity index is 0.000000688. The van der Waals surface area contributed by atoms with Gasteiger partial charge in [-0.3, -0.25) is 9.59 Å². The van der Waals surface area contributed by atoms with Crippen molar-refractivity contribution < 1.29 is 9.53 Å². The molecule has 0 aliphatic rings. The van der Waals surface area contributed by atoms with E-state index in [4.69, 9.17) is 43.8 Å². The van der Waals surface area contributed by atoms with Gasteiger partial charge in [-0.2, -0.15) is 21.3 Å². The van der Waals surface area contributed by atoms with E-state index in [0.29, 0.717) is 15.6 Å². The van der Waals surface area contributed by atoms with Crippen LogP contribution in [0.2, 0.25) is 46.3 Å². The van der Waals surface area contributed by atoms with Gasteiger partial charge in [0.15, 0.2) is 15.7 Å². The Hall–Kier alpha value is -1.02. The molecule has 2 heterocycles. The molecule has 0 atom stereocenters. The number of nitrogens with zero attached hydrogens (tertiary/aromatic N) is 4. The van der Waals surface area contributed by atoms with Crippen molar-refractivity contribution in [1.29, 1.82) is 0 Å². The van der Waals surface area contributed by atoms with Crippen LogP contribution >= 0.6 is 34.3 Å². The van der Waals surface area contributed by atoms with Crippen LogP contribution in [0, 0.1) is 0 Å². The second kappa shape index (κ2) is 15.0. The fraction of sp³-hybridized carbons (Fsp3) is 0.733. The van der Waals surface area contributed by atoms with E-state index in [9.17, 15) is 9.59 Å². The number of halogens is 3. The minimum atomic E-state index is -1.92. The summed E-state index contributed by atoms with van der Waals surface area (Å²) in [7, 11) is -3.31. The molecule has 0 unspecified atom stereocenters. The Labute approximate surface area is 275 Å². The summed E-state index contributed by atoms with van der Waals surface area (Å²) in [4.78, 5) is 24.3. The SMILES string of the molecule is CC(C)(C)[Si](C)(C)Cl.CC(C)(C)n1ncc(Cl)c(CO)c1=O.CC(C)(C)n1ncc(Cl)c(CO[Si](C)(C)C(C)(C)C)c1=O. The first-order valence-corrected chi connectivity index (χ1v) is 22.1. The second-order valence-electron chi connectivity index (χ2n) is 15.6. The van der Waals surface area contributed by atoms with Crippen LogP contribution in [0.3, 0.4) is 0 Å². The number of hydrogen-bond donors (Lipinski definition) is 1. The van der Waals surface area contributed by atoms with Crippen LogP contribution < -0.4 is 11.1 Å². The maximum absolute atomic E-state index is 12.6. The number of aliphatic hydroxyl groups is 1. The topological polar surface area (TPSA) is 99.2 Å². The summed E-state index contributed by atoms with van der Waals surface area (Å²) < 4.78 is 8.89. The van der Waals surface area contributed by atoms with E-state index in [2.05, 4.69) is 77.9 Å². The first kappa shape index (κ1) is 42.0. The van der Waals surface area contributed by atoms with Crippen LogP contribution in [-0.2, 0) is 28.7 Å². The highest BCUT2D eigenvalue weighted by molar-refractivity contribution is 7.20. The molecule has 0 aliphatic carbocycles. The molecular weight excluding hydrogens is 643 g/mol. The molecule has 0 fully saturated rings. The summed E-state index contributed by atoms with van der Waals surface area (Å²) in [6.07, 6.45) is 2.90. The molecule has 2 aromatic rings. The molecule has 0 saturated heterocycles. The molecule has 0 aliphatic heterocycles. The van der Waals surface area contributed by atoms with Crippen molar-refractivity contribution in [2.45, 2.75) is 144 Å². The summed E-state index contributed by atoms with van der Waals surface area (Å²) in [6, 6.07) is 0. The van der Waals surface area contributed by atoms with E-state index < -0.39 is 21.2 Å². The third kappa shape index (κ3) is 12.4. The van der Waals surface area contributed by atoms with Gasteiger partial charge >= 0.3 is 0 Å². The Morgan fingerprint density at radius 1 is 0.721 bits per heavy atom. The molecular formula is C30H55Cl3N4O4Si2. The van der Waals surface area contributed by atoms with Crippen LogP contribution in [-0.4, -0.2) is 40.4 Å². The predicted molar refractivity (Wildman–Crippen MR) is 188 cm³/mol. The Bertz CT molecular complexity index is 1310. The van der Waals surface area contributed by atoms with Crippen LogP contribution in [0.15, 0.2) is 22.0 Å². The zero-order valence-corrected chi connectivity index (χ0v) is 33.4. The maximum atomic E-state index is 12.6. The first-order chi connectivity index (χ1) is 18.9. The van der Waals surface area contributed by atoms with Crippen molar-refractivity contribution in [3.05, 3.63) is 54.3 Å². The molecule has 0 radical (unpaired) electrons. The van der Waals surface area contributed by atoms with Gasteiger partial charge in [-0.25, -0.2) is 9.36 Å². The van der Waals surface area contributed by atoms with Gasteiger partial charge in [0.1, 0.15) is 0 Å². The zero-order chi connectivity index (χ0) is 34.6. The molecule has 2 rings (SSSR count). The fourth-order valence-electron chi connectivity index (χ4n) is 2.64. The summed E-state index contributed by atoms with van der Waals surface area (Å²) in [5.74, 6) is 0. The van der Waals surface area contributed by atoms with Gasteiger partial charge in [-0.05, 0) is 64.7 Å². The van der Waals surface area contributed by atoms with E-state index in [1.807, 2.05) is 41.5 Å². The number of hydrogen-bond acceptors (Lipinski definition) is 6. The fourth-order valence-corrected chi connectivity index (χ4v) is 3.94. The smallest absolute Gasteiger partial charge is 0.274 e. The van der Waals surface area contributed by atoms with Crippen molar-refractivity contribution >= 4 is 50.0 Å². The van der Waals surface area contributed by atoms with Crippen molar-refractivity contribution in [3.63, 3.8) is 0 Å². The van der Waals surface area contributed by atoms with E-state index in [-0.39, 0.29) is 45.5 Å². The molecule has 0 spiro atoms. The van der Waals surface area contributed by atoms with Gasteiger partial charge in [0.25, 0.3) is 11.1 Å². The van der Waals surface area contributed by atoms with Crippen LogP contribution in [0.1, 0.15) is 94.2 Å². The monoisotopic (exact) mass is 696 g/mol. The zero-order valence-electron chi connectivity index (χ0n) is 29.2. The number of rotatable bonds is 4. The summed E-state index contributed by atoms with van der Waals surface area (Å²) in [6.45, 7) is 33.0.